The number of allylic oxidation sites excluding steroid dienone is 1. The average Bonchev–Trinajstić information content (AvgIpc) is 2.95. The molecule has 7 nitrogen and oxygen atoms in total. The molecule has 0 aromatic heterocycles. The monoisotopic (exact) mass is 556 g/mol. The Morgan fingerprint density at radius 3 is 1.05 bits per heavy atom. The third kappa shape index (κ3) is 10.9. The number of rotatable bonds is 8. The highest BCUT2D eigenvalue weighted by molar-refractivity contribution is 5.92. The molecular weight excluding hydrogens is 532 g/mol. The molecule has 0 heterocycles. The Labute approximate surface area is 242 Å². The van der Waals surface area contributed by atoms with Crippen molar-refractivity contribution in [3.63, 3.8) is 0 Å². The molecule has 3 rings (SSSR count). The molecule has 206 valence electrons. The molecule has 3 N–H and O–H groups in total. The van der Waals surface area contributed by atoms with Gasteiger partial charge in [-0.1, -0.05) is 29.8 Å². The van der Waals surface area contributed by atoms with E-state index in [-0.39, 0.29) is 5.78 Å². The number of carboxylic acid groups (broad SMARTS) is 3. The summed E-state index contributed by atoms with van der Waals surface area (Å²) in [5.74, 6) is 8.78. The number of hydrogen-bond donors (Lipinski definition) is 3. The van der Waals surface area contributed by atoms with Crippen molar-refractivity contribution in [2.45, 2.75) is 6.92 Å². The number of hydrogen-bond acceptors (Lipinski definition) is 4. The first-order chi connectivity index (χ1) is 20.0. The molecule has 0 spiro atoms. The van der Waals surface area contributed by atoms with Gasteiger partial charge in [-0.15, -0.1) is 0 Å². The molecule has 0 radical (unpaired) electrons. The fraction of sp³-hybridized carbons (Fsp3) is 0.0286. The van der Waals surface area contributed by atoms with E-state index in [1.54, 1.807) is 66.7 Å². The smallest absolute Gasteiger partial charge is 0.328 e. The molecular formula is C35H24O7. The molecule has 0 unspecified atom stereocenters. The molecule has 0 fully saturated rings. The molecule has 0 saturated heterocycles. The van der Waals surface area contributed by atoms with Crippen molar-refractivity contribution in [2.75, 3.05) is 0 Å². The highest BCUT2D eigenvalue weighted by Gasteiger charge is 2.00. The second-order valence-electron chi connectivity index (χ2n) is 8.81. The summed E-state index contributed by atoms with van der Waals surface area (Å²) >= 11 is 0. The van der Waals surface area contributed by atoms with Gasteiger partial charge in [0.05, 0.1) is 0 Å². The Morgan fingerprint density at radius 2 is 0.762 bits per heavy atom. The van der Waals surface area contributed by atoms with E-state index < -0.39 is 17.9 Å². The van der Waals surface area contributed by atoms with E-state index in [1.807, 2.05) is 0 Å². The van der Waals surface area contributed by atoms with Crippen LogP contribution in [0.25, 0.3) is 24.3 Å². The van der Waals surface area contributed by atoms with Crippen LogP contribution >= 0.6 is 0 Å². The fourth-order valence-corrected chi connectivity index (χ4v) is 3.52. The first-order valence-corrected chi connectivity index (χ1v) is 12.4. The van der Waals surface area contributed by atoms with Crippen molar-refractivity contribution >= 4 is 48.0 Å². The molecule has 0 aliphatic heterocycles. The van der Waals surface area contributed by atoms with Crippen LogP contribution in [-0.2, 0) is 19.2 Å². The summed E-state index contributed by atoms with van der Waals surface area (Å²) in [7, 11) is 0. The van der Waals surface area contributed by atoms with E-state index in [2.05, 4.69) is 23.7 Å². The number of carbonyl (C=O) groups excluding carboxylic acids is 1. The van der Waals surface area contributed by atoms with Gasteiger partial charge in [0.1, 0.15) is 0 Å². The summed E-state index contributed by atoms with van der Waals surface area (Å²) < 4.78 is 0. The first-order valence-electron chi connectivity index (χ1n) is 12.4. The van der Waals surface area contributed by atoms with Gasteiger partial charge in [-0.25, -0.2) is 14.4 Å². The normalized spacial score (nSPS) is 10.9. The van der Waals surface area contributed by atoms with Crippen LogP contribution in [0.3, 0.4) is 0 Å². The van der Waals surface area contributed by atoms with Crippen molar-refractivity contribution < 1.29 is 34.5 Å². The minimum absolute atomic E-state index is 0.115. The van der Waals surface area contributed by atoms with E-state index in [9.17, 15) is 19.2 Å². The topological polar surface area (TPSA) is 129 Å². The van der Waals surface area contributed by atoms with Crippen LogP contribution in [0.4, 0.5) is 0 Å². The Kier molecular flexibility index (Phi) is 10.7. The van der Waals surface area contributed by atoms with Gasteiger partial charge in [-0.2, -0.15) is 0 Å². The van der Waals surface area contributed by atoms with Crippen molar-refractivity contribution in [1.82, 2.24) is 0 Å². The Bertz CT molecular complexity index is 1560. The van der Waals surface area contributed by atoms with Crippen molar-refractivity contribution in [3.8, 4) is 23.7 Å². The highest BCUT2D eigenvalue weighted by atomic mass is 16.4. The SMILES string of the molecule is CC(=O)/C=C/c1cc(C#Cc2ccc(C#Cc3cc(/C=C/C(=O)O)cc(/C=C/C(=O)O)c3)cc2)cc(/C=C/C(=O)O)c1. The molecule has 7 heteroatoms. The minimum atomic E-state index is -1.11. The van der Waals surface area contributed by atoms with Crippen LogP contribution < -0.4 is 0 Å². The van der Waals surface area contributed by atoms with Gasteiger partial charge in [0.25, 0.3) is 0 Å². The zero-order valence-corrected chi connectivity index (χ0v) is 22.4. The van der Waals surface area contributed by atoms with Gasteiger partial charge in [0, 0.05) is 40.5 Å². The number of aliphatic carboxylic acids is 3. The molecule has 0 amide bonds. The zero-order chi connectivity index (χ0) is 30.5. The predicted octanol–water partition coefficient (Wildman–Crippen LogP) is 5.38. The lowest BCUT2D eigenvalue weighted by Crippen LogP contribution is -1.89. The quantitative estimate of drug-likeness (QED) is 0.251. The summed E-state index contributed by atoms with van der Waals surface area (Å²) in [5, 5.41) is 26.8. The second-order valence-corrected chi connectivity index (χ2v) is 8.81. The van der Waals surface area contributed by atoms with Gasteiger partial charge >= 0.3 is 17.9 Å². The maximum absolute atomic E-state index is 11.3. The third-order valence-electron chi connectivity index (χ3n) is 5.31. The van der Waals surface area contributed by atoms with Gasteiger partial charge in [0.2, 0.25) is 0 Å². The molecule has 0 atom stereocenters. The van der Waals surface area contributed by atoms with Gasteiger partial charge < -0.3 is 15.3 Å². The Balaban J connectivity index is 1.87. The molecule has 0 bridgehead atoms. The largest absolute Gasteiger partial charge is 0.478 e. The maximum atomic E-state index is 11.3. The Hall–Kier alpha value is -6.18. The molecule has 0 aliphatic carbocycles. The third-order valence-corrected chi connectivity index (χ3v) is 5.31. The van der Waals surface area contributed by atoms with Gasteiger partial charge in [0.15, 0.2) is 5.78 Å². The van der Waals surface area contributed by atoms with Crippen LogP contribution in [0.15, 0.2) is 85.0 Å². The molecule has 0 saturated carbocycles. The number of carboxylic acids is 3. The van der Waals surface area contributed by atoms with Gasteiger partial charge in [-0.05, 0) is 114 Å². The molecule has 42 heavy (non-hydrogen) atoms. The number of carbonyl (C=O) groups is 4. The van der Waals surface area contributed by atoms with Gasteiger partial charge in [-0.3, -0.25) is 4.79 Å². The standard InChI is InChI=1S/C35H24O7/c1-24(36)2-3-27-18-28(20-30(19-27)12-15-33(37)38)10-8-25-4-6-26(7-5-25)9-11-29-21-31(13-16-34(39)40)23-32(22-29)14-17-35(41)42/h2-7,12-23H,1H3,(H,37,38)(H,39,40)(H,41,42)/b3-2+,15-12+,16-13+,17-14+. The number of benzene rings is 3. The second kappa shape index (κ2) is 14.8. The van der Waals surface area contributed by atoms with Crippen LogP contribution in [-0.4, -0.2) is 39.0 Å². The fourth-order valence-electron chi connectivity index (χ4n) is 3.52. The van der Waals surface area contributed by atoms with E-state index >= 15 is 0 Å². The van der Waals surface area contributed by atoms with E-state index in [1.165, 1.54) is 31.2 Å². The summed E-state index contributed by atoms with van der Waals surface area (Å²) in [6.07, 6.45) is 10.3. The van der Waals surface area contributed by atoms with Crippen molar-refractivity contribution in [2.24, 2.45) is 0 Å². The molecule has 3 aromatic rings. The lowest BCUT2D eigenvalue weighted by molar-refractivity contribution is -0.132. The van der Waals surface area contributed by atoms with Crippen LogP contribution in [0, 0.1) is 23.7 Å². The predicted molar refractivity (Wildman–Crippen MR) is 161 cm³/mol. The van der Waals surface area contributed by atoms with E-state index in [0.717, 1.165) is 23.8 Å². The summed E-state index contributed by atoms with van der Waals surface area (Å²) in [6, 6.07) is 17.5. The molecule has 3 aromatic carbocycles. The first kappa shape index (κ1) is 30.4. The van der Waals surface area contributed by atoms with Crippen LogP contribution in [0.5, 0.6) is 0 Å². The lowest BCUT2D eigenvalue weighted by atomic mass is 10.0. The van der Waals surface area contributed by atoms with Crippen LogP contribution in [0.2, 0.25) is 0 Å². The lowest BCUT2D eigenvalue weighted by Gasteiger charge is -2.01. The Morgan fingerprint density at radius 1 is 0.476 bits per heavy atom. The number of ketones is 1. The molecule has 0 aliphatic rings. The summed E-state index contributed by atoms with van der Waals surface area (Å²) in [5.41, 5.74) is 5.08. The zero-order valence-electron chi connectivity index (χ0n) is 22.4. The summed E-state index contributed by atoms with van der Waals surface area (Å²) in [6.45, 7) is 1.44. The highest BCUT2D eigenvalue weighted by Crippen LogP contribution is 2.15. The maximum Gasteiger partial charge on any atom is 0.328 e. The van der Waals surface area contributed by atoms with Crippen molar-refractivity contribution in [3.05, 3.63) is 129 Å². The average molecular weight is 557 g/mol. The summed E-state index contributed by atoms with van der Waals surface area (Å²) in [4.78, 5) is 44.1. The van der Waals surface area contributed by atoms with E-state index in [0.29, 0.717) is 38.9 Å². The van der Waals surface area contributed by atoms with Crippen LogP contribution in [0.1, 0.15) is 51.4 Å². The van der Waals surface area contributed by atoms with Crippen molar-refractivity contribution in [1.29, 1.82) is 0 Å². The van der Waals surface area contributed by atoms with E-state index in [4.69, 9.17) is 15.3 Å². The minimum Gasteiger partial charge on any atom is -0.478 e.